The van der Waals surface area contributed by atoms with Crippen LogP contribution < -0.4 is 0 Å². The van der Waals surface area contributed by atoms with Crippen LogP contribution in [0.25, 0.3) is 0 Å². The maximum absolute atomic E-state index is 12.1. The lowest BCUT2D eigenvalue weighted by atomic mass is 10.4. The quantitative estimate of drug-likeness (QED) is 0.124. The molecular formula is C25H22O14. The maximum atomic E-state index is 12.1. The number of hydrogen-bond donors (Lipinski definition) is 0. The molecule has 0 aliphatic carbocycles. The average molecular weight is 546 g/mol. The first kappa shape index (κ1) is 28.4. The minimum Gasteiger partial charge on any atom is -0.463 e. The van der Waals surface area contributed by atoms with Crippen LogP contribution in [0.3, 0.4) is 0 Å². The van der Waals surface area contributed by atoms with Crippen LogP contribution in [0, 0.1) is 0 Å². The first-order valence-corrected chi connectivity index (χ1v) is 11.3. The second-order valence-corrected chi connectivity index (χ2v) is 7.39. The molecule has 14 heteroatoms. The summed E-state index contributed by atoms with van der Waals surface area (Å²) in [6.07, 6.45) is 0.774. The Morgan fingerprint density at radius 1 is 0.564 bits per heavy atom. The van der Waals surface area contributed by atoms with Crippen molar-refractivity contribution in [1.29, 1.82) is 0 Å². The molecule has 0 aliphatic rings. The second kappa shape index (κ2) is 14.0. The van der Waals surface area contributed by atoms with E-state index in [1.807, 2.05) is 0 Å². The summed E-state index contributed by atoms with van der Waals surface area (Å²) in [5.41, 5.74) is 0. The van der Waals surface area contributed by atoms with E-state index < -0.39 is 29.8 Å². The van der Waals surface area contributed by atoms with Gasteiger partial charge in [0.25, 0.3) is 0 Å². The third kappa shape index (κ3) is 8.18. The van der Waals surface area contributed by atoms with Gasteiger partial charge in [-0.3, -0.25) is 4.79 Å². The predicted molar refractivity (Wildman–Crippen MR) is 123 cm³/mol. The van der Waals surface area contributed by atoms with Crippen LogP contribution in [-0.2, 0) is 23.7 Å². The largest absolute Gasteiger partial charge is 0.463 e. The number of furan rings is 3. The number of esters is 5. The molecule has 3 aromatic rings. The van der Waals surface area contributed by atoms with Gasteiger partial charge in [0.15, 0.2) is 12.0 Å². The van der Waals surface area contributed by atoms with Crippen LogP contribution in [0.2, 0.25) is 0 Å². The van der Waals surface area contributed by atoms with E-state index in [4.69, 9.17) is 32.2 Å². The number of carbonyl (C=O) groups excluding carboxylic acids is 6. The zero-order valence-corrected chi connectivity index (χ0v) is 20.5. The van der Waals surface area contributed by atoms with Gasteiger partial charge in [0.2, 0.25) is 28.8 Å². The first-order chi connectivity index (χ1) is 18.8. The highest BCUT2D eigenvalue weighted by molar-refractivity contribution is 5.91. The Hall–Kier alpha value is -5.14. The Morgan fingerprint density at radius 3 is 1.23 bits per heavy atom. The Labute approximate surface area is 219 Å². The van der Waals surface area contributed by atoms with Crippen LogP contribution in [0.1, 0.15) is 76.2 Å². The van der Waals surface area contributed by atoms with Gasteiger partial charge in [-0.2, -0.15) is 0 Å². The fourth-order valence-corrected chi connectivity index (χ4v) is 2.80. The molecule has 0 saturated carbocycles. The summed E-state index contributed by atoms with van der Waals surface area (Å²) in [6.45, 7) is -0.409. The minimum absolute atomic E-state index is 0.0121. The molecule has 0 atom stereocenters. The van der Waals surface area contributed by atoms with Crippen molar-refractivity contribution >= 4 is 36.1 Å². The molecule has 3 aromatic heterocycles. The fourth-order valence-electron chi connectivity index (χ4n) is 2.80. The zero-order valence-electron chi connectivity index (χ0n) is 20.5. The number of ether oxygens (including phenoxy) is 5. The monoisotopic (exact) mass is 546 g/mol. The standard InChI is InChI=1S/C25H22O14/c1-32-21(27)16-6-7-18(38-16)23(29)34-12-3-13-36-25(31)20-9-8-19(39-20)24(30)35-11-2-10-33-22(28)17-5-4-15(14-26)37-17/h4-9,14H,2-3,10-13H2,1H3. The molecule has 0 amide bonds. The van der Waals surface area contributed by atoms with Crippen LogP contribution in [0.4, 0.5) is 0 Å². The van der Waals surface area contributed by atoms with E-state index in [0.29, 0.717) is 6.29 Å². The molecule has 0 bridgehead atoms. The molecule has 0 unspecified atom stereocenters. The van der Waals surface area contributed by atoms with Crippen molar-refractivity contribution in [3.05, 3.63) is 71.0 Å². The Kier molecular flexibility index (Phi) is 10.2. The molecule has 0 radical (unpaired) electrons. The van der Waals surface area contributed by atoms with Crippen molar-refractivity contribution in [2.75, 3.05) is 33.5 Å². The van der Waals surface area contributed by atoms with Crippen molar-refractivity contribution in [2.45, 2.75) is 12.8 Å². The highest BCUT2D eigenvalue weighted by Crippen LogP contribution is 2.13. The van der Waals surface area contributed by atoms with E-state index >= 15 is 0 Å². The highest BCUT2D eigenvalue weighted by atomic mass is 16.6. The van der Waals surface area contributed by atoms with Gasteiger partial charge in [0, 0.05) is 12.8 Å². The normalized spacial score (nSPS) is 10.4. The van der Waals surface area contributed by atoms with Crippen molar-refractivity contribution < 1.29 is 65.7 Å². The smallest absolute Gasteiger partial charge is 0.374 e. The molecule has 14 nitrogen and oxygen atoms in total. The summed E-state index contributed by atoms with van der Waals surface area (Å²) in [5.74, 6) is -4.98. The van der Waals surface area contributed by atoms with Crippen LogP contribution in [0.5, 0.6) is 0 Å². The van der Waals surface area contributed by atoms with Gasteiger partial charge >= 0.3 is 29.8 Å². The number of aldehydes is 1. The fraction of sp³-hybridized carbons (Fsp3) is 0.280. The maximum Gasteiger partial charge on any atom is 0.374 e. The highest BCUT2D eigenvalue weighted by Gasteiger charge is 2.19. The lowest BCUT2D eigenvalue weighted by Gasteiger charge is -2.05. The van der Waals surface area contributed by atoms with Crippen LogP contribution in [0.15, 0.2) is 49.6 Å². The van der Waals surface area contributed by atoms with E-state index in [-0.39, 0.29) is 73.8 Å². The van der Waals surface area contributed by atoms with Crippen molar-refractivity contribution in [3.63, 3.8) is 0 Å². The van der Waals surface area contributed by atoms with Gasteiger partial charge < -0.3 is 36.9 Å². The molecule has 3 rings (SSSR count). The number of carbonyl (C=O) groups is 6. The molecule has 0 aromatic carbocycles. The van der Waals surface area contributed by atoms with Gasteiger partial charge in [-0.1, -0.05) is 0 Å². The summed E-state index contributed by atoms with van der Waals surface area (Å²) in [4.78, 5) is 69.7. The third-order valence-electron chi connectivity index (χ3n) is 4.66. The van der Waals surface area contributed by atoms with Crippen molar-refractivity contribution in [1.82, 2.24) is 0 Å². The number of hydrogen-bond acceptors (Lipinski definition) is 14. The Morgan fingerprint density at radius 2 is 0.897 bits per heavy atom. The van der Waals surface area contributed by atoms with Gasteiger partial charge in [0.1, 0.15) is 0 Å². The lowest BCUT2D eigenvalue weighted by Crippen LogP contribution is -2.11. The zero-order chi connectivity index (χ0) is 28.2. The second-order valence-electron chi connectivity index (χ2n) is 7.39. The van der Waals surface area contributed by atoms with E-state index in [9.17, 15) is 28.8 Å². The van der Waals surface area contributed by atoms with Gasteiger partial charge in [0.05, 0.1) is 33.5 Å². The molecule has 39 heavy (non-hydrogen) atoms. The Balaban J connectivity index is 1.29. The minimum atomic E-state index is -0.850. The molecule has 0 N–H and O–H groups in total. The molecular weight excluding hydrogens is 524 g/mol. The average Bonchev–Trinajstić information content (AvgIpc) is 3.72. The van der Waals surface area contributed by atoms with E-state index in [1.54, 1.807) is 0 Å². The summed E-state index contributed by atoms with van der Waals surface area (Å²) < 4.78 is 39.5. The molecule has 0 fully saturated rings. The van der Waals surface area contributed by atoms with Gasteiger partial charge in [-0.05, 0) is 36.4 Å². The lowest BCUT2D eigenvalue weighted by molar-refractivity contribution is 0.0350. The number of methoxy groups -OCH3 is 1. The first-order valence-electron chi connectivity index (χ1n) is 11.3. The molecule has 206 valence electrons. The van der Waals surface area contributed by atoms with Crippen LogP contribution >= 0.6 is 0 Å². The third-order valence-corrected chi connectivity index (χ3v) is 4.66. The topological polar surface area (TPSA) is 188 Å². The SMILES string of the molecule is COC(=O)c1ccc(C(=O)OCCCOC(=O)c2ccc(C(=O)OCCCOC(=O)c3ccc(C=O)o3)o2)o1. The number of rotatable bonds is 14. The molecule has 0 saturated heterocycles. The predicted octanol–water partition coefficient (Wildman–Crippen LogP) is 2.87. The van der Waals surface area contributed by atoms with Gasteiger partial charge in [-0.15, -0.1) is 0 Å². The summed E-state index contributed by atoms with van der Waals surface area (Å²) >= 11 is 0. The molecule has 0 aliphatic heterocycles. The molecule has 0 spiro atoms. The Bertz CT molecular complexity index is 1320. The summed E-state index contributed by atoms with van der Waals surface area (Å²) in [7, 11) is 1.17. The summed E-state index contributed by atoms with van der Waals surface area (Å²) in [6, 6.07) is 7.61. The van der Waals surface area contributed by atoms with E-state index in [1.165, 1.54) is 43.5 Å². The van der Waals surface area contributed by atoms with Gasteiger partial charge in [-0.25, -0.2) is 24.0 Å². The van der Waals surface area contributed by atoms with Crippen LogP contribution in [-0.4, -0.2) is 69.7 Å². The van der Waals surface area contributed by atoms with E-state index in [0.717, 1.165) is 0 Å². The summed E-state index contributed by atoms with van der Waals surface area (Å²) in [5, 5.41) is 0. The van der Waals surface area contributed by atoms with Crippen molar-refractivity contribution in [3.8, 4) is 0 Å². The van der Waals surface area contributed by atoms with Crippen molar-refractivity contribution in [2.24, 2.45) is 0 Å². The van der Waals surface area contributed by atoms with E-state index in [2.05, 4.69) is 4.74 Å². The molecule has 3 heterocycles.